The van der Waals surface area contributed by atoms with Crippen molar-refractivity contribution in [2.75, 3.05) is 13.2 Å². The molecule has 8 heteroatoms. The Bertz CT molecular complexity index is 1220. The molecule has 0 aliphatic heterocycles. The molecule has 3 aromatic rings. The first kappa shape index (κ1) is 26.9. The Morgan fingerprint density at radius 2 is 1.42 bits per heavy atom. The maximum atomic E-state index is 13.1. The Morgan fingerprint density at radius 1 is 0.816 bits per heavy atom. The van der Waals surface area contributed by atoms with Crippen LogP contribution in [0.3, 0.4) is 0 Å². The van der Waals surface area contributed by atoms with Crippen LogP contribution in [0.5, 0.6) is 0 Å². The van der Waals surface area contributed by atoms with E-state index in [9.17, 15) is 19.5 Å². The molecule has 5 N–H and O–H groups in total. The van der Waals surface area contributed by atoms with Gasteiger partial charge in [0.2, 0.25) is 5.91 Å². The van der Waals surface area contributed by atoms with Crippen LogP contribution in [0.4, 0.5) is 4.79 Å². The van der Waals surface area contributed by atoms with Crippen LogP contribution in [0, 0.1) is 0 Å². The first-order valence-corrected chi connectivity index (χ1v) is 12.9. The second-order valence-electron chi connectivity index (χ2n) is 9.40. The molecule has 0 heterocycles. The molecule has 1 aliphatic carbocycles. The van der Waals surface area contributed by atoms with Gasteiger partial charge in [-0.25, -0.2) is 9.59 Å². The fourth-order valence-corrected chi connectivity index (χ4v) is 4.87. The third kappa shape index (κ3) is 6.58. The van der Waals surface area contributed by atoms with Gasteiger partial charge in [0, 0.05) is 12.3 Å². The van der Waals surface area contributed by atoms with Crippen molar-refractivity contribution in [3.05, 3.63) is 95.6 Å². The van der Waals surface area contributed by atoms with E-state index in [0.717, 1.165) is 27.8 Å². The zero-order valence-corrected chi connectivity index (χ0v) is 21.1. The smallest absolute Gasteiger partial charge is 0.407 e. The van der Waals surface area contributed by atoms with Crippen molar-refractivity contribution < 1.29 is 24.2 Å². The van der Waals surface area contributed by atoms with Crippen LogP contribution in [-0.2, 0) is 20.7 Å². The average Bonchev–Trinajstić information content (AvgIpc) is 3.25. The summed E-state index contributed by atoms with van der Waals surface area (Å²) in [6.07, 6.45) is 0.972. The second-order valence-corrected chi connectivity index (χ2v) is 9.40. The zero-order chi connectivity index (χ0) is 26.9. The van der Waals surface area contributed by atoms with Gasteiger partial charge in [-0.15, -0.1) is 0 Å². The van der Waals surface area contributed by atoms with E-state index in [-0.39, 0.29) is 18.9 Å². The molecule has 38 heavy (non-hydrogen) atoms. The number of carboxylic acid groups (broad SMARTS) is 1. The predicted octanol–water partition coefficient (Wildman–Crippen LogP) is 3.83. The zero-order valence-electron chi connectivity index (χ0n) is 21.1. The summed E-state index contributed by atoms with van der Waals surface area (Å²) in [5.74, 6) is -1.83. The van der Waals surface area contributed by atoms with Crippen molar-refractivity contribution in [2.24, 2.45) is 5.73 Å². The number of ether oxygens (including phenoxy) is 1. The van der Waals surface area contributed by atoms with Crippen molar-refractivity contribution >= 4 is 18.0 Å². The number of carbonyl (C=O) groups excluding carboxylic acids is 2. The molecule has 0 saturated carbocycles. The number of hydrogen-bond acceptors (Lipinski definition) is 5. The van der Waals surface area contributed by atoms with E-state index in [1.165, 1.54) is 0 Å². The summed E-state index contributed by atoms with van der Waals surface area (Å²) in [6, 6.07) is 23.0. The molecular weight excluding hydrogens is 482 g/mol. The van der Waals surface area contributed by atoms with Crippen LogP contribution in [0.15, 0.2) is 78.9 Å². The maximum Gasteiger partial charge on any atom is 0.407 e. The highest BCUT2D eigenvalue weighted by Gasteiger charge is 2.30. The van der Waals surface area contributed by atoms with Crippen molar-refractivity contribution in [2.45, 2.75) is 43.7 Å². The van der Waals surface area contributed by atoms with Crippen molar-refractivity contribution in [3.8, 4) is 11.1 Å². The molecule has 2 atom stereocenters. The fraction of sp³-hybridized carbons (Fsp3) is 0.300. The Morgan fingerprint density at radius 3 is 2.03 bits per heavy atom. The van der Waals surface area contributed by atoms with Crippen molar-refractivity contribution in [3.63, 3.8) is 0 Å². The van der Waals surface area contributed by atoms with Gasteiger partial charge >= 0.3 is 12.1 Å². The quantitative estimate of drug-likeness (QED) is 0.271. The number of aliphatic carboxylic acids is 1. The molecule has 198 valence electrons. The molecule has 0 bridgehead atoms. The molecule has 0 saturated heterocycles. The number of fused-ring (bicyclic) bond motifs is 3. The Labute approximate surface area is 222 Å². The lowest BCUT2D eigenvalue weighted by Gasteiger charge is -2.22. The summed E-state index contributed by atoms with van der Waals surface area (Å²) in [6.45, 7) is 0.563. The third-order valence-electron chi connectivity index (χ3n) is 6.80. The highest BCUT2D eigenvalue weighted by Crippen LogP contribution is 2.44. The van der Waals surface area contributed by atoms with Gasteiger partial charge in [0.15, 0.2) is 0 Å². The number of nitrogens with two attached hydrogens (primary N) is 1. The van der Waals surface area contributed by atoms with Gasteiger partial charge in [0.1, 0.15) is 18.7 Å². The van der Waals surface area contributed by atoms with E-state index in [1.54, 1.807) is 12.1 Å². The minimum Gasteiger partial charge on any atom is -0.480 e. The van der Waals surface area contributed by atoms with E-state index in [1.807, 2.05) is 54.6 Å². The topological polar surface area (TPSA) is 131 Å². The number of nitrogens with one attached hydrogen (secondary N) is 2. The summed E-state index contributed by atoms with van der Waals surface area (Å²) in [5, 5.41) is 14.9. The fourth-order valence-electron chi connectivity index (χ4n) is 4.87. The number of unbranched alkanes of at least 4 members (excludes halogenated alkanes) is 1. The van der Waals surface area contributed by atoms with Crippen LogP contribution in [0.25, 0.3) is 11.1 Å². The van der Waals surface area contributed by atoms with E-state index in [2.05, 4.69) is 22.8 Å². The van der Waals surface area contributed by atoms with Crippen LogP contribution >= 0.6 is 0 Å². The summed E-state index contributed by atoms with van der Waals surface area (Å²) in [4.78, 5) is 37.8. The van der Waals surface area contributed by atoms with Crippen LogP contribution in [-0.4, -0.2) is 48.3 Å². The van der Waals surface area contributed by atoms with E-state index in [4.69, 9.17) is 10.5 Å². The molecule has 1 aliphatic rings. The number of rotatable bonds is 12. The summed E-state index contributed by atoms with van der Waals surface area (Å²) >= 11 is 0. The largest absolute Gasteiger partial charge is 0.480 e. The van der Waals surface area contributed by atoms with Gasteiger partial charge in [-0.2, -0.15) is 0 Å². The second kappa shape index (κ2) is 12.9. The van der Waals surface area contributed by atoms with Crippen molar-refractivity contribution in [1.82, 2.24) is 10.6 Å². The van der Waals surface area contributed by atoms with E-state index in [0.29, 0.717) is 25.8 Å². The number of carboxylic acids is 1. The lowest BCUT2D eigenvalue weighted by molar-refractivity contribution is -0.142. The molecule has 0 fully saturated rings. The molecule has 8 nitrogen and oxygen atoms in total. The molecule has 0 radical (unpaired) electrons. The van der Waals surface area contributed by atoms with Crippen molar-refractivity contribution in [1.29, 1.82) is 0 Å². The molecular formula is C30H33N3O5. The first-order valence-electron chi connectivity index (χ1n) is 12.9. The minimum absolute atomic E-state index is 0.111. The Hall–Kier alpha value is -4.17. The number of benzene rings is 3. The van der Waals surface area contributed by atoms with Crippen LogP contribution < -0.4 is 16.4 Å². The number of amides is 2. The van der Waals surface area contributed by atoms with Gasteiger partial charge in [-0.05, 0) is 53.6 Å². The highest BCUT2D eigenvalue weighted by molar-refractivity contribution is 5.89. The SMILES string of the molecule is NCCCC[C@H](NC(=O)OCC1c2ccccc2-c2ccccc21)C(=O)N[C@@H](Cc1ccccc1)C(=O)O. The van der Waals surface area contributed by atoms with Gasteiger partial charge in [0.25, 0.3) is 0 Å². The number of alkyl carbamates (subject to hydrolysis) is 1. The average molecular weight is 516 g/mol. The predicted molar refractivity (Wildman–Crippen MR) is 145 cm³/mol. The highest BCUT2D eigenvalue weighted by atomic mass is 16.5. The summed E-state index contributed by atoms with van der Waals surface area (Å²) < 4.78 is 5.60. The molecule has 4 rings (SSSR count). The lowest BCUT2D eigenvalue weighted by Crippen LogP contribution is -2.52. The molecule has 0 aromatic heterocycles. The standard InChI is InChI=1S/C30H33N3O5/c31-17-9-8-16-26(28(34)32-27(29(35)36)18-20-10-2-1-3-11-20)33-30(37)38-19-25-23-14-6-4-12-21(23)22-13-5-7-15-24(22)25/h1-7,10-15,25-27H,8-9,16-19,31H2,(H,32,34)(H,33,37)(H,35,36)/t26-,27-/m0/s1. The number of hydrogen-bond donors (Lipinski definition) is 4. The van der Waals surface area contributed by atoms with Gasteiger partial charge in [0.05, 0.1) is 0 Å². The van der Waals surface area contributed by atoms with Crippen LogP contribution in [0.2, 0.25) is 0 Å². The van der Waals surface area contributed by atoms with Gasteiger partial charge in [-0.3, -0.25) is 4.79 Å². The first-order chi connectivity index (χ1) is 18.5. The van der Waals surface area contributed by atoms with Crippen LogP contribution in [0.1, 0.15) is 41.9 Å². The molecule has 0 unspecified atom stereocenters. The Balaban J connectivity index is 1.40. The van der Waals surface area contributed by atoms with E-state index < -0.39 is 30.1 Å². The lowest BCUT2D eigenvalue weighted by atomic mass is 9.98. The third-order valence-corrected chi connectivity index (χ3v) is 6.80. The Kier molecular flexibility index (Phi) is 9.11. The van der Waals surface area contributed by atoms with Gasteiger partial charge < -0.3 is 26.2 Å². The minimum atomic E-state index is -1.15. The molecule has 2 amide bonds. The summed E-state index contributed by atoms with van der Waals surface area (Å²) in [5.41, 5.74) is 10.8. The molecule has 3 aromatic carbocycles. The van der Waals surface area contributed by atoms with E-state index >= 15 is 0 Å². The maximum absolute atomic E-state index is 13.1. The molecule has 0 spiro atoms. The normalized spacial score (nSPS) is 13.6. The monoisotopic (exact) mass is 515 g/mol. The number of carbonyl (C=O) groups is 3. The summed E-state index contributed by atoms with van der Waals surface area (Å²) in [7, 11) is 0. The van der Waals surface area contributed by atoms with Gasteiger partial charge in [-0.1, -0.05) is 78.9 Å².